The number of hydrogen-bond acceptors (Lipinski definition) is 10. The van der Waals surface area contributed by atoms with Crippen LogP contribution in [0.3, 0.4) is 0 Å². The molecule has 1 saturated heterocycles. The summed E-state index contributed by atoms with van der Waals surface area (Å²) in [6, 6.07) is 3.50. The van der Waals surface area contributed by atoms with Gasteiger partial charge in [-0.2, -0.15) is 10.2 Å². The molecule has 51 heavy (non-hydrogen) atoms. The number of carbonyl (C=O) groups is 1. The zero-order valence-electron chi connectivity index (χ0n) is 28.8. The number of aromatic hydroxyl groups is 2. The lowest BCUT2D eigenvalue weighted by Crippen LogP contribution is -2.47. The second kappa shape index (κ2) is 13.3. The van der Waals surface area contributed by atoms with Gasteiger partial charge in [0, 0.05) is 55.6 Å². The van der Waals surface area contributed by atoms with E-state index in [0.717, 1.165) is 17.5 Å². The molecule has 7 rings (SSSR count). The molecule has 2 unspecified atom stereocenters. The summed E-state index contributed by atoms with van der Waals surface area (Å²) in [6.45, 7) is 11.3. The van der Waals surface area contributed by atoms with E-state index in [1.807, 2.05) is 42.5 Å². The van der Waals surface area contributed by atoms with E-state index < -0.39 is 5.60 Å². The van der Waals surface area contributed by atoms with Gasteiger partial charge in [-0.05, 0) is 70.2 Å². The van der Waals surface area contributed by atoms with Crippen LogP contribution in [-0.4, -0.2) is 79.4 Å². The van der Waals surface area contributed by atoms with Crippen LogP contribution in [0, 0.1) is 25.7 Å². The van der Waals surface area contributed by atoms with Crippen LogP contribution in [0.25, 0.3) is 44.6 Å². The predicted molar refractivity (Wildman–Crippen MR) is 194 cm³/mol. The van der Waals surface area contributed by atoms with Crippen LogP contribution < -0.4 is 0 Å². The number of fused-ring (bicyclic) bond motifs is 2. The normalized spacial score (nSPS) is 16.6. The Morgan fingerprint density at radius 3 is 1.80 bits per heavy atom. The van der Waals surface area contributed by atoms with Gasteiger partial charge in [0.05, 0.1) is 47.2 Å². The van der Waals surface area contributed by atoms with Crippen molar-refractivity contribution in [1.29, 1.82) is 0 Å². The number of aryl methyl sites for hydroxylation is 2. The van der Waals surface area contributed by atoms with Crippen molar-refractivity contribution in [3.63, 3.8) is 0 Å². The second-order valence-corrected chi connectivity index (χ2v) is 14.9. The summed E-state index contributed by atoms with van der Waals surface area (Å²) in [6.07, 6.45) is 11.0. The Labute approximate surface area is 303 Å². The Morgan fingerprint density at radius 2 is 1.31 bits per heavy atom. The summed E-state index contributed by atoms with van der Waals surface area (Å²) < 4.78 is 9.46. The molecule has 1 fully saturated rings. The summed E-state index contributed by atoms with van der Waals surface area (Å²) in [7, 11) is 0. The number of amides is 1. The molecule has 1 amide bonds. The van der Waals surface area contributed by atoms with Crippen LogP contribution in [0.15, 0.2) is 49.3 Å². The van der Waals surface area contributed by atoms with Crippen molar-refractivity contribution in [2.75, 3.05) is 13.1 Å². The molecule has 1 aliphatic rings. The second-order valence-electron chi connectivity index (χ2n) is 14.1. The molecule has 0 radical (unpaired) electrons. The maximum atomic E-state index is 13.1. The number of likely N-dealkylation sites (tertiary alicyclic amines) is 1. The van der Waals surface area contributed by atoms with Gasteiger partial charge in [0.15, 0.2) is 0 Å². The lowest BCUT2D eigenvalue weighted by Gasteiger charge is -2.39. The number of aromatic nitrogens is 8. The van der Waals surface area contributed by atoms with E-state index in [1.165, 1.54) is 0 Å². The highest BCUT2D eigenvalue weighted by molar-refractivity contribution is 6.37. The SMILES string of the molecule is Cc1cc2ncc(-c3cnn(CC4CCN(C(=O)OC(C)(C)C)CC4Cn4cc(-c5cnc6cc(C)c(O)c(Cl)c6n5)cn4)c3)nc2c(Cl)c1O. The summed E-state index contributed by atoms with van der Waals surface area (Å²) >= 11 is 12.8. The quantitative estimate of drug-likeness (QED) is 0.180. The summed E-state index contributed by atoms with van der Waals surface area (Å²) in [4.78, 5) is 33.3. The molecule has 13 nitrogen and oxygen atoms in total. The molecule has 4 aromatic heterocycles. The maximum Gasteiger partial charge on any atom is 0.410 e. The Bertz CT molecular complexity index is 2300. The Kier molecular flexibility index (Phi) is 8.96. The Balaban J connectivity index is 1.13. The Morgan fingerprint density at radius 1 is 0.824 bits per heavy atom. The zero-order valence-corrected chi connectivity index (χ0v) is 30.3. The number of carbonyl (C=O) groups excluding carboxylic acids is 1. The molecule has 0 spiro atoms. The van der Waals surface area contributed by atoms with E-state index in [4.69, 9.17) is 27.9 Å². The minimum absolute atomic E-state index is 0.00852. The smallest absolute Gasteiger partial charge is 0.410 e. The molecule has 15 heteroatoms. The Hall–Kier alpha value is -5.01. The molecule has 0 aliphatic carbocycles. The third-order valence-corrected chi connectivity index (χ3v) is 9.85. The first-order chi connectivity index (χ1) is 24.2. The molecular formula is C36H37Cl2N9O4. The van der Waals surface area contributed by atoms with E-state index in [2.05, 4.69) is 30.1 Å². The minimum Gasteiger partial charge on any atom is -0.506 e. The molecule has 6 aromatic rings. The first-order valence-corrected chi connectivity index (χ1v) is 17.3. The number of phenolic OH excluding ortho intramolecular Hbond substituents is 2. The van der Waals surface area contributed by atoms with Crippen molar-refractivity contribution in [1.82, 2.24) is 44.4 Å². The summed E-state index contributed by atoms with van der Waals surface area (Å²) in [5, 5.41) is 30.3. The molecule has 2 aromatic carbocycles. The lowest BCUT2D eigenvalue weighted by atomic mass is 9.85. The van der Waals surface area contributed by atoms with Crippen LogP contribution in [0.4, 0.5) is 4.79 Å². The van der Waals surface area contributed by atoms with Crippen LogP contribution >= 0.6 is 23.2 Å². The standard InChI is InChI=1S/C36H37Cl2N9O4/c1-19-8-25-31(29(37)33(19)48)43-27(12-39-25)22-10-41-46(16-22)15-21-6-7-45(35(50)51-36(3,4)5)14-24(21)18-47-17-23(11-42-47)28-13-40-26-9-20(2)34(49)30(38)32(26)44-28/h8-13,16-17,21,24,48-49H,6-7,14-15,18H2,1-5H3. The highest BCUT2D eigenvalue weighted by atomic mass is 35.5. The van der Waals surface area contributed by atoms with Crippen molar-refractivity contribution in [3.8, 4) is 34.0 Å². The van der Waals surface area contributed by atoms with Crippen LogP contribution in [0.5, 0.6) is 11.5 Å². The third-order valence-electron chi connectivity index (χ3n) is 9.13. The van der Waals surface area contributed by atoms with Gasteiger partial charge in [-0.1, -0.05) is 23.2 Å². The number of hydrogen-bond donors (Lipinski definition) is 2. The highest BCUT2D eigenvalue weighted by Gasteiger charge is 2.34. The zero-order chi connectivity index (χ0) is 36.2. The number of benzene rings is 2. The fourth-order valence-electron chi connectivity index (χ4n) is 6.42. The van der Waals surface area contributed by atoms with Crippen LogP contribution in [-0.2, 0) is 17.8 Å². The van der Waals surface area contributed by atoms with Crippen LogP contribution in [0.1, 0.15) is 38.3 Å². The van der Waals surface area contributed by atoms with Gasteiger partial charge in [-0.25, -0.2) is 14.8 Å². The van der Waals surface area contributed by atoms with Gasteiger partial charge >= 0.3 is 6.09 Å². The van der Waals surface area contributed by atoms with Crippen molar-refractivity contribution in [2.45, 2.75) is 59.7 Å². The van der Waals surface area contributed by atoms with Gasteiger partial charge < -0.3 is 19.8 Å². The minimum atomic E-state index is -0.613. The van der Waals surface area contributed by atoms with Crippen molar-refractivity contribution < 1.29 is 19.7 Å². The van der Waals surface area contributed by atoms with Crippen LogP contribution in [0.2, 0.25) is 10.0 Å². The van der Waals surface area contributed by atoms with E-state index in [1.54, 1.807) is 55.7 Å². The molecule has 2 N–H and O–H groups in total. The van der Waals surface area contributed by atoms with Gasteiger partial charge in [0.2, 0.25) is 0 Å². The largest absolute Gasteiger partial charge is 0.506 e. The predicted octanol–water partition coefficient (Wildman–Crippen LogP) is 7.21. The number of phenols is 2. The van der Waals surface area contributed by atoms with Crippen molar-refractivity contribution in [2.24, 2.45) is 11.8 Å². The fourth-order valence-corrected chi connectivity index (χ4v) is 7.00. The van der Waals surface area contributed by atoms with Gasteiger partial charge in [-0.3, -0.25) is 19.3 Å². The number of rotatable bonds is 6. The molecule has 0 bridgehead atoms. The number of ether oxygens (including phenoxy) is 1. The highest BCUT2D eigenvalue weighted by Crippen LogP contribution is 2.36. The van der Waals surface area contributed by atoms with Gasteiger partial charge in [-0.15, -0.1) is 0 Å². The molecule has 0 saturated carbocycles. The van der Waals surface area contributed by atoms with Gasteiger partial charge in [0.25, 0.3) is 0 Å². The average molecular weight is 731 g/mol. The summed E-state index contributed by atoms with van der Waals surface area (Å²) in [5.41, 5.74) is 5.32. The summed E-state index contributed by atoms with van der Waals surface area (Å²) in [5.74, 6) is 0.128. The van der Waals surface area contributed by atoms with Crippen molar-refractivity contribution >= 4 is 51.4 Å². The molecular weight excluding hydrogens is 693 g/mol. The van der Waals surface area contributed by atoms with E-state index in [-0.39, 0.29) is 39.5 Å². The number of nitrogens with zero attached hydrogens (tertiary/aromatic N) is 9. The monoisotopic (exact) mass is 729 g/mol. The molecule has 5 heterocycles. The van der Waals surface area contributed by atoms with E-state index >= 15 is 0 Å². The van der Waals surface area contributed by atoms with E-state index in [9.17, 15) is 15.0 Å². The van der Waals surface area contributed by atoms with Crippen molar-refractivity contribution in [3.05, 3.63) is 70.5 Å². The maximum absolute atomic E-state index is 13.1. The molecule has 2 atom stereocenters. The van der Waals surface area contributed by atoms with E-state index in [0.29, 0.717) is 70.8 Å². The molecule has 1 aliphatic heterocycles. The molecule has 264 valence electrons. The third kappa shape index (κ3) is 7.00. The lowest BCUT2D eigenvalue weighted by molar-refractivity contribution is 0.00654. The number of piperidine rings is 1. The topological polar surface area (TPSA) is 157 Å². The number of halogens is 2. The fraction of sp³-hybridized carbons (Fsp3) is 0.361. The average Bonchev–Trinajstić information content (AvgIpc) is 3.76. The first kappa shape index (κ1) is 34.4. The first-order valence-electron chi connectivity index (χ1n) is 16.6. The van der Waals surface area contributed by atoms with Gasteiger partial charge in [0.1, 0.15) is 38.2 Å².